The van der Waals surface area contributed by atoms with Crippen LogP contribution in [0.4, 0.5) is 5.13 Å². The van der Waals surface area contributed by atoms with Crippen LogP contribution in [0.1, 0.15) is 55.7 Å². The Labute approximate surface area is 186 Å². The number of benzene rings is 1. The molecule has 0 saturated heterocycles. The number of aromatic nitrogens is 3. The molecule has 0 aliphatic carbocycles. The molecule has 0 atom stereocenters. The van der Waals surface area contributed by atoms with Gasteiger partial charge in [-0.05, 0) is 46.1 Å². The first kappa shape index (κ1) is 22.7. The molecule has 2 amide bonds. The molecular weight excluding hydrogens is 410 g/mol. The Kier molecular flexibility index (Phi) is 6.90. The lowest BCUT2D eigenvalue weighted by Gasteiger charge is -2.21. The Morgan fingerprint density at radius 1 is 1.16 bits per heavy atom. The van der Waals surface area contributed by atoms with Crippen molar-refractivity contribution in [2.75, 3.05) is 11.9 Å². The van der Waals surface area contributed by atoms with Gasteiger partial charge in [0.05, 0.1) is 23.0 Å². The predicted molar refractivity (Wildman–Crippen MR) is 124 cm³/mol. The minimum Gasteiger partial charge on any atom is -0.356 e. The molecule has 0 saturated carbocycles. The summed E-state index contributed by atoms with van der Waals surface area (Å²) < 4.78 is 1.85. The number of hydrogen-bond acceptors (Lipinski definition) is 5. The van der Waals surface area contributed by atoms with Gasteiger partial charge in [0.25, 0.3) is 5.91 Å². The minimum absolute atomic E-state index is 0.0000263. The summed E-state index contributed by atoms with van der Waals surface area (Å²) in [6.07, 6.45) is 3.41. The number of nitrogens with zero attached hydrogens (tertiary/aromatic N) is 3. The molecule has 0 spiro atoms. The fourth-order valence-electron chi connectivity index (χ4n) is 3.34. The van der Waals surface area contributed by atoms with Gasteiger partial charge < -0.3 is 5.32 Å². The normalized spacial score (nSPS) is 11.4. The molecule has 31 heavy (non-hydrogen) atoms. The van der Waals surface area contributed by atoms with E-state index >= 15 is 0 Å². The first-order valence-corrected chi connectivity index (χ1v) is 11.2. The highest BCUT2D eigenvalue weighted by Crippen LogP contribution is 2.26. The van der Waals surface area contributed by atoms with Crippen LogP contribution in [0.3, 0.4) is 0 Å². The second kappa shape index (κ2) is 9.43. The van der Waals surface area contributed by atoms with E-state index in [-0.39, 0.29) is 17.4 Å². The molecule has 2 N–H and O–H groups in total. The lowest BCUT2D eigenvalue weighted by atomic mass is 10.1. The van der Waals surface area contributed by atoms with E-state index in [1.165, 1.54) is 23.8 Å². The molecule has 8 heteroatoms. The molecule has 7 nitrogen and oxygen atoms in total. The van der Waals surface area contributed by atoms with E-state index in [0.29, 0.717) is 17.2 Å². The SMILES string of the molecule is CC(=O)NCCCc1ccc(-c2csc(NC(=O)c3cnn(C(C)(C)C)c3C)n2)cc1. The van der Waals surface area contributed by atoms with Crippen molar-refractivity contribution >= 4 is 28.3 Å². The van der Waals surface area contributed by atoms with Crippen LogP contribution in [-0.4, -0.2) is 33.1 Å². The third-order valence-electron chi connectivity index (χ3n) is 4.88. The van der Waals surface area contributed by atoms with Crippen LogP contribution in [0.5, 0.6) is 0 Å². The van der Waals surface area contributed by atoms with Crippen molar-refractivity contribution in [1.29, 1.82) is 0 Å². The van der Waals surface area contributed by atoms with Crippen LogP contribution in [0.25, 0.3) is 11.3 Å². The highest BCUT2D eigenvalue weighted by Gasteiger charge is 2.22. The fraction of sp³-hybridized carbons (Fsp3) is 0.391. The number of carbonyl (C=O) groups is 2. The van der Waals surface area contributed by atoms with E-state index in [1.807, 2.05) is 29.1 Å². The fourth-order valence-corrected chi connectivity index (χ4v) is 4.05. The van der Waals surface area contributed by atoms with E-state index < -0.39 is 0 Å². The van der Waals surface area contributed by atoms with Crippen molar-refractivity contribution in [1.82, 2.24) is 20.1 Å². The van der Waals surface area contributed by atoms with Crippen molar-refractivity contribution in [3.8, 4) is 11.3 Å². The van der Waals surface area contributed by atoms with Gasteiger partial charge in [-0.1, -0.05) is 24.3 Å². The topological polar surface area (TPSA) is 88.9 Å². The van der Waals surface area contributed by atoms with Gasteiger partial charge in [0, 0.05) is 30.1 Å². The monoisotopic (exact) mass is 439 g/mol. The number of anilines is 1. The first-order chi connectivity index (χ1) is 14.6. The molecular formula is C23H29N5O2S. The van der Waals surface area contributed by atoms with Gasteiger partial charge in [0.15, 0.2) is 5.13 Å². The molecule has 2 aromatic heterocycles. The van der Waals surface area contributed by atoms with E-state index in [9.17, 15) is 9.59 Å². The first-order valence-electron chi connectivity index (χ1n) is 10.3. The molecule has 3 rings (SSSR count). The van der Waals surface area contributed by atoms with Crippen LogP contribution in [0.2, 0.25) is 0 Å². The summed E-state index contributed by atoms with van der Waals surface area (Å²) in [6, 6.07) is 8.22. The molecule has 0 aliphatic rings. The summed E-state index contributed by atoms with van der Waals surface area (Å²) in [5.74, 6) is -0.205. The maximum Gasteiger partial charge on any atom is 0.260 e. The van der Waals surface area contributed by atoms with Gasteiger partial charge in [0.2, 0.25) is 5.91 Å². The maximum atomic E-state index is 12.7. The van der Waals surface area contributed by atoms with Gasteiger partial charge in [-0.25, -0.2) is 4.98 Å². The average Bonchev–Trinajstić information content (AvgIpc) is 3.32. The van der Waals surface area contributed by atoms with Crippen molar-refractivity contribution in [2.24, 2.45) is 0 Å². The molecule has 0 radical (unpaired) electrons. The molecule has 3 aromatic rings. The highest BCUT2D eigenvalue weighted by molar-refractivity contribution is 7.14. The van der Waals surface area contributed by atoms with E-state index in [0.717, 1.165) is 29.8 Å². The van der Waals surface area contributed by atoms with Crippen LogP contribution in [-0.2, 0) is 16.8 Å². The van der Waals surface area contributed by atoms with Crippen LogP contribution in [0.15, 0.2) is 35.8 Å². The molecule has 0 unspecified atom stereocenters. The zero-order valence-electron chi connectivity index (χ0n) is 18.7. The maximum absolute atomic E-state index is 12.7. The zero-order valence-corrected chi connectivity index (χ0v) is 19.5. The Bertz CT molecular complexity index is 1060. The van der Waals surface area contributed by atoms with E-state index in [2.05, 4.69) is 53.6 Å². The number of carbonyl (C=O) groups excluding carboxylic acids is 2. The largest absolute Gasteiger partial charge is 0.356 e. The number of hydrogen-bond donors (Lipinski definition) is 2. The Morgan fingerprint density at radius 3 is 2.48 bits per heavy atom. The second-order valence-electron chi connectivity index (χ2n) is 8.50. The molecule has 0 aliphatic heterocycles. The molecule has 0 bridgehead atoms. The van der Waals surface area contributed by atoms with Gasteiger partial charge in [-0.15, -0.1) is 11.3 Å². The molecule has 0 fully saturated rings. The summed E-state index contributed by atoms with van der Waals surface area (Å²) in [4.78, 5) is 28.2. The number of amides is 2. The third-order valence-corrected chi connectivity index (χ3v) is 5.64. The van der Waals surface area contributed by atoms with Crippen LogP contribution in [0, 0.1) is 6.92 Å². The molecule has 164 valence electrons. The summed E-state index contributed by atoms with van der Waals surface area (Å²) in [5.41, 5.74) is 4.23. The van der Waals surface area contributed by atoms with Crippen LogP contribution >= 0.6 is 11.3 Å². The van der Waals surface area contributed by atoms with Crippen molar-refractivity contribution in [3.05, 3.63) is 52.7 Å². The van der Waals surface area contributed by atoms with Crippen molar-refractivity contribution in [3.63, 3.8) is 0 Å². The third kappa shape index (κ3) is 5.79. The lowest BCUT2D eigenvalue weighted by molar-refractivity contribution is -0.118. The van der Waals surface area contributed by atoms with Gasteiger partial charge in [-0.2, -0.15) is 5.10 Å². The van der Waals surface area contributed by atoms with E-state index in [1.54, 1.807) is 6.20 Å². The summed E-state index contributed by atoms with van der Waals surface area (Å²) in [6.45, 7) is 10.3. The Morgan fingerprint density at radius 2 is 1.87 bits per heavy atom. The van der Waals surface area contributed by atoms with Crippen molar-refractivity contribution < 1.29 is 9.59 Å². The second-order valence-corrected chi connectivity index (χ2v) is 9.36. The molecule has 1 aromatic carbocycles. The Balaban J connectivity index is 1.62. The van der Waals surface area contributed by atoms with Gasteiger partial charge >= 0.3 is 0 Å². The average molecular weight is 440 g/mol. The minimum atomic E-state index is -0.205. The lowest BCUT2D eigenvalue weighted by Crippen LogP contribution is -2.25. The predicted octanol–water partition coefficient (Wildman–Crippen LogP) is 4.39. The number of nitrogens with one attached hydrogen (secondary N) is 2. The van der Waals surface area contributed by atoms with E-state index in [4.69, 9.17) is 0 Å². The number of aryl methyl sites for hydroxylation is 1. The van der Waals surface area contributed by atoms with Crippen molar-refractivity contribution in [2.45, 2.75) is 53.0 Å². The highest BCUT2D eigenvalue weighted by atomic mass is 32.1. The van der Waals surface area contributed by atoms with Gasteiger partial charge in [-0.3, -0.25) is 19.6 Å². The Hall–Kier alpha value is -3.00. The standard InChI is InChI=1S/C23H29N5O2S/c1-15-19(13-25-28(15)23(3,4)5)21(30)27-22-26-20(14-31-22)18-10-8-17(9-11-18)7-6-12-24-16(2)29/h8-11,13-14H,6-7,12H2,1-5H3,(H,24,29)(H,26,27,30). The summed E-state index contributed by atoms with van der Waals surface area (Å²) in [5, 5.41) is 12.6. The molecule has 2 heterocycles. The number of thiazole rings is 1. The quantitative estimate of drug-likeness (QED) is 0.534. The summed E-state index contributed by atoms with van der Waals surface area (Å²) in [7, 11) is 0. The van der Waals surface area contributed by atoms with Crippen LogP contribution < -0.4 is 10.6 Å². The smallest absolute Gasteiger partial charge is 0.260 e. The zero-order chi connectivity index (χ0) is 22.6. The summed E-state index contributed by atoms with van der Waals surface area (Å²) >= 11 is 1.40. The number of rotatable bonds is 7. The van der Waals surface area contributed by atoms with Gasteiger partial charge in [0.1, 0.15) is 0 Å².